The first-order chi connectivity index (χ1) is 8.75. The minimum absolute atomic E-state index is 0.218. The molecule has 88 valence electrons. The summed E-state index contributed by atoms with van der Waals surface area (Å²) in [4.78, 5) is 19.3. The number of aromatic carboxylic acids is 1. The molecule has 0 saturated carbocycles. The summed E-state index contributed by atoms with van der Waals surface area (Å²) in [7, 11) is 0. The largest absolute Gasteiger partial charge is 0.478 e. The SMILES string of the molecule is O=C(O)c1cccc(-c2nccn3ncnc23)c1. The molecular weight excluding hydrogens is 232 g/mol. The molecule has 1 N–H and O–H groups in total. The second-order valence-corrected chi connectivity index (χ2v) is 3.69. The predicted molar refractivity (Wildman–Crippen MR) is 63.2 cm³/mol. The number of carboxylic acids is 1. The summed E-state index contributed by atoms with van der Waals surface area (Å²) in [5.41, 5.74) is 2.13. The van der Waals surface area contributed by atoms with Gasteiger partial charge in [0.15, 0.2) is 5.65 Å². The van der Waals surface area contributed by atoms with E-state index >= 15 is 0 Å². The lowest BCUT2D eigenvalue weighted by Gasteiger charge is -2.03. The Kier molecular flexibility index (Phi) is 2.26. The van der Waals surface area contributed by atoms with Gasteiger partial charge in [0.1, 0.15) is 12.0 Å². The number of benzene rings is 1. The zero-order valence-electron chi connectivity index (χ0n) is 9.19. The zero-order valence-corrected chi connectivity index (χ0v) is 9.19. The number of fused-ring (bicyclic) bond motifs is 1. The topological polar surface area (TPSA) is 80.4 Å². The van der Waals surface area contributed by atoms with Crippen LogP contribution < -0.4 is 0 Å². The Morgan fingerprint density at radius 2 is 2.17 bits per heavy atom. The maximum Gasteiger partial charge on any atom is 0.335 e. The van der Waals surface area contributed by atoms with Crippen LogP contribution in [-0.4, -0.2) is 30.7 Å². The molecule has 0 saturated heterocycles. The number of carboxylic acid groups (broad SMARTS) is 1. The van der Waals surface area contributed by atoms with Crippen molar-refractivity contribution in [3.8, 4) is 11.3 Å². The van der Waals surface area contributed by atoms with Crippen molar-refractivity contribution >= 4 is 11.6 Å². The van der Waals surface area contributed by atoms with Crippen molar-refractivity contribution in [3.05, 3.63) is 48.5 Å². The molecule has 0 aliphatic carbocycles. The summed E-state index contributed by atoms with van der Waals surface area (Å²) in [5.74, 6) is -0.967. The summed E-state index contributed by atoms with van der Waals surface area (Å²) < 4.78 is 1.59. The molecular formula is C12H8N4O2. The number of nitrogens with zero attached hydrogens (tertiary/aromatic N) is 4. The maximum atomic E-state index is 10.9. The van der Waals surface area contributed by atoms with Gasteiger partial charge in [0.05, 0.1) is 5.56 Å². The lowest BCUT2D eigenvalue weighted by Crippen LogP contribution is -1.97. The average molecular weight is 240 g/mol. The highest BCUT2D eigenvalue weighted by molar-refractivity contribution is 5.90. The Hall–Kier alpha value is -2.76. The molecule has 0 aliphatic rings. The number of hydrogen-bond donors (Lipinski definition) is 1. The summed E-state index contributed by atoms with van der Waals surface area (Å²) in [6.45, 7) is 0. The van der Waals surface area contributed by atoms with Gasteiger partial charge in [-0.1, -0.05) is 12.1 Å². The van der Waals surface area contributed by atoms with Crippen molar-refractivity contribution in [1.82, 2.24) is 19.6 Å². The van der Waals surface area contributed by atoms with Crippen LogP contribution in [0.5, 0.6) is 0 Å². The van der Waals surface area contributed by atoms with Crippen LogP contribution in [0.4, 0.5) is 0 Å². The van der Waals surface area contributed by atoms with E-state index < -0.39 is 5.97 Å². The van der Waals surface area contributed by atoms with Crippen LogP contribution >= 0.6 is 0 Å². The van der Waals surface area contributed by atoms with E-state index in [0.29, 0.717) is 16.9 Å². The van der Waals surface area contributed by atoms with Gasteiger partial charge in [-0.2, -0.15) is 5.10 Å². The van der Waals surface area contributed by atoms with E-state index in [2.05, 4.69) is 15.1 Å². The molecule has 0 spiro atoms. The molecule has 1 aromatic carbocycles. The number of hydrogen-bond acceptors (Lipinski definition) is 4. The molecule has 0 bridgehead atoms. The van der Waals surface area contributed by atoms with Crippen LogP contribution in [-0.2, 0) is 0 Å². The van der Waals surface area contributed by atoms with Crippen LogP contribution in [0.3, 0.4) is 0 Å². The number of aromatic nitrogens is 4. The van der Waals surface area contributed by atoms with Gasteiger partial charge in [0, 0.05) is 18.0 Å². The molecule has 0 unspecified atom stereocenters. The minimum atomic E-state index is -0.967. The van der Waals surface area contributed by atoms with Crippen molar-refractivity contribution in [1.29, 1.82) is 0 Å². The summed E-state index contributed by atoms with van der Waals surface area (Å²) in [5, 5.41) is 13.0. The fourth-order valence-corrected chi connectivity index (χ4v) is 1.76. The third-order valence-electron chi connectivity index (χ3n) is 2.58. The van der Waals surface area contributed by atoms with E-state index in [9.17, 15) is 4.79 Å². The molecule has 18 heavy (non-hydrogen) atoms. The molecule has 2 aromatic heterocycles. The highest BCUT2D eigenvalue weighted by Crippen LogP contribution is 2.21. The highest BCUT2D eigenvalue weighted by Gasteiger charge is 2.10. The fraction of sp³-hybridized carbons (Fsp3) is 0. The van der Waals surface area contributed by atoms with Crippen LogP contribution in [0, 0.1) is 0 Å². The Morgan fingerprint density at radius 1 is 1.28 bits per heavy atom. The Morgan fingerprint density at radius 3 is 3.00 bits per heavy atom. The van der Waals surface area contributed by atoms with Gasteiger partial charge >= 0.3 is 5.97 Å². The van der Waals surface area contributed by atoms with Gasteiger partial charge in [-0.15, -0.1) is 0 Å². The lowest BCUT2D eigenvalue weighted by atomic mass is 10.1. The fourth-order valence-electron chi connectivity index (χ4n) is 1.76. The van der Waals surface area contributed by atoms with Crippen molar-refractivity contribution in [2.45, 2.75) is 0 Å². The third kappa shape index (κ3) is 1.60. The molecule has 2 heterocycles. The van der Waals surface area contributed by atoms with Crippen molar-refractivity contribution in [2.24, 2.45) is 0 Å². The molecule has 0 radical (unpaired) electrons. The normalized spacial score (nSPS) is 10.7. The van der Waals surface area contributed by atoms with E-state index in [0.717, 1.165) is 0 Å². The van der Waals surface area contributed by atoms with Gasteiger partial charge < -0.3 is 5.11 Å². The molecule has 0 aliphatic heterocycles. The van der Waals surface area contributed by atoms with Gasteiger partial charge in [-0.3, -0.25) is 4.98 Å². The van der Waals surface area contributed by atoms with Gasteiger partial charge in [-0.05, 0) is 12.1 Å². The van der Waals surface area contributed by atoms with Crippen LogP contribution in [0.2, 0.25) is 0 Å². The van der Waals surface area contributed by atoms with Gasteiger partial charge in [0.25, 0.3) is 0 Å². The summed E-state index contributed by atoms with van der Waals surface area (Å²) in [6, 6.07) is 6.58. The summed E-state index contributed by atoms with van der Waals surface area (Å²) >= 11 is 0. The average Bonchev–Trinajstić information content (AvgIpc) is 2.87. The molecule has 6 nitrogen and oxygen atoms in total. The van der Waals surface area contributed by atoms with Crippen LogP contribution in [0.15, 0.2) is 43.0 Å². The molecule has 6 heteroatoms. The zero-order chi connectivity index (χ0) is 12.5. The second-order valence-electron chi connectivity index (χ2n) is 3.69. The van der Waals surface area contributed by atoms with Crippen LogP contribution in [0.1, 0.15) is 10.4 Å². The Balaban J connectivity index is 2.23. The smallest absolute Gasteiger partial charge is 0.335 e. The maximum absolute atomic E-state index is 10.9. The third-order valence-corrected chi connectivity index (χ3v) is 2.58. The van der Waals surface area contributed by atoms with Crippen LogP contribution in [0.25, 0.3) is 16.9 Å². The van der Waals surface area contributed by atoms with E-state index in [1.165, 1.54) is 12.4 Å². The van der Waals surface area contributed by atoms with E-state index in [4.69, 9.17) is 5.11 Å². The van der Waals surface area contributed by atoms with Gasteiger partial charge in [0.2, 0.25) is 0 Å². The van der Waals surface area contributed by atoms with Crippen molar-refractivity contribution in [2.75, 3.05) is 0 Å². The first kappa shape index (κ1) is 10.4. The monoisotopic (exact) mass is 240 g/mol. The first-order valence-electron chi connectivity index (χ1n) is 5.24. The first-order valence-corrected chi connectivity index (χ1v) is 5.24. The predicted octanol–water partition coefficient (Wildman–Crippen LogP) is 1.49. The highest BCUT2D eigenvalue weighted by atomic mass is 16.4. The molecule has 0 amide bonds. The molecule has 0 atom stereocenters. The Labute approximate surface area is 102 Å². The lowest BCUT2D eigenvalue weighted by molar-refractivity contribution is 0.0697. The molecule has 3 aromatic rings. The quantitative estimate of drug-likeness (QED) is 0.734. The second kappa shape index (κ2) is 3.92. The van der Waals surface area contributed by atoms with E-state index in [1.54, 1.807) is 35.1 Å². The Bertz CT molecular complexity index is 736. The standard InChI is InChI=1S/C12H8N4O2/c17-12(18)9-3-1-2-8(6-9)10-11-14-7-15-16(11)5-4-13-10/h1-7H,(H,17,18). The molecule has 3 rings (SSSR count). The van der Waals surface area contributed by atoms with E-state index in [1.807, 2.05) is 0 Å². The van der Waals surface area contributed by atoms with Crippen molar-refractivity contribution < 1.29 is 9.90 Å². The molecule has 0 fully saturated rings. The summed E-state index contributed by atoms with van der Waals surface area (Å²) in [6.07, 6.45) is 4.72. The number of carbonyl (C=O) groups is 1. The number of rotatable bonds is 2. The van der Waals surface area contributed by atoms with E-state index in [-0.39, 0.29) is 5.56 Å². The minimum Gasteiger partial charge on any atom is -0.478 e. The van der Waals surface area contributed by atoms with Gasteiger partial charge in [-0.25, -0.2) is 14.3 Å². The van der Waals surface area contributed by atoms with Crippen molar-refractivity contribution in [3.63, 3.8) is 0 Å².